The summed E-state index contributed by atoms with van der Waals surface area (Å²) < 4.78 is 5.86. The van der Waals surface area contributed by atoms with Crippen LogP contribution in [-0.2, 0) is 19.6 Å². The van der Waals surface area contributed by atoms with Gasteiger partial charge in [-0.2, -0.15) is 0 Å². The molecule has 0 saturated carbocycles. The van der Waals surface area contributed by atoms with Crippen molar-refractivity contribution >= 4 is 11.3 Å². The molecule has 2 N–H and O–H groups in total. The van der Waals surface area contributed by atoms with Gasteiger partial charge in [0, 0.05) is 21.9 Å². The first-order chi connectivity index (χ1) is 8.72. The zero-order valence-corrected chi connectivity index (χ0v) is 11.7. The van der Waals surface area contributed by atoms with Crippen LogP contribution >= 0.6 is 11.3 Å². The zero-order chi connectivity index (χ0) is 13.0. The fraction of sp³-hybridized carbons (Fsp3) is 0.333. The van der Waals surface area contributed by atoms with E-state index in [1.807, 2.05) is 17.4 Å². The van der Waals surface area contributed by atoms with E-state index in [1.165, 1.54) is 15.3 Å². The van der Waals surface area contributed by atoms with Crippen molar-refractivity contribution in [3.63, 3.8) is 0 Å². The third kappa shape index (κ3) is 3.12. The summed E-state index contributed by atoms with van der Waals surface area (Å²) in [6, 6.07) is 10.5. The molecule has 1 aromatic heterocycles. The molecule has 0 unspecified atom stereocenters. The zero-order valence-electron chi connectivity index (χ0n) is 10.9. The van der Waals surface area contributed by atoms with Crippen molar-refractivity contribution in [2.75, 3.05) is 0 Å². The van der Waals surface area contributed by atoms with Crippen molar-refractivity contribution < 1.29 is 4.74 Å². The van der Waals surface area contributed by atoms with Gasteiger partial charge in [-0.1, -0.05) is 24.6 Å². The minimum absolute atomic E-state index is 0.516. The van der Waals surface area contributed by atoms with Gasteiger partial charge in [-0.3, -0.25) is 0 Å². The summed E-state index contributed by atoms with van der Waals surface area (Å²) in [7, 11) is 0. The van der Waals surface area contributed by atoms with Gasteiger partial charge >= 0.3 is 0 Å². The fourth-order valence-electron chi connectivity index (χ4n) is 1.85. The summed E-state index contributed by atoms with van der Waals surface area (Å²) in [6.45, 7) is 5.38. The first kappa shape index (κ1) is 13.1. The van der Waals surface area contributed by atoms with Crippen LogP contribution in [0.3, 0.4) is 0 Å². The Morgan fingerprint density at radius 2 is 1.94 bits per heavy atom. The van der Waals surface area contributed by atoms with Crippen LogP contribution in [0.15, 0.2) is 30.3 Å². The van der Waals surface area contributed by atoms with E-state index < -0.39 is 0 Å². The second-order valence-corrected chi connectivity index (χ2v) is 5.58. The molecule has 0 spiro atoms. The summed E-state index contributed by atoms with van der Waals surface area (Å²) >= 11 is 1.81. The molecule has 96 valence electrons. The van der Waals surface area contributed by atoms with Crippen LogP contribution in [0.4, 0.5) is 0 Å². The number of hydrogen-bond donors (Lipinski definition) is 1. The number of hydrogen-bond acceptors (Lipinski definition) is 3. The lowest BCUT2D eigenvalue weighted by Gasteiger charge is -2.10. The van der Waals surface area contributed by atoms with E-state index in [1.54, 1.807) is 0 Å². The lowest BCUT2D eigenvalue weighted by atomic mass is 10.1. The van der Waals surface area contributed by atoms with Gasteiger partial charge in [0.1, 0.15) is 12.4 Å². The molecular weight excluding hydrogens is 242 g/mol. The van der Waals surface area contributed by atoms with Crippen LogP contribution in [0.1, 0.15) is 27.8 Å². The number of ether oxygens (including phenoxy) is 1. The number of nitrogens with two attached hydrogens (primary N) is 1. The molecule has 0 atom stereocenters. The molecule has 0 aliphatic heterocycles. The summed E-state index contributed by atoms with van der Waals surface area (Å²) in [6.07, 6.45) is 1.09. The van der Waals surface area contributed by atoms with E-state index >= 15 is 0 Å². The number of rotatable bonds is 5. The number of aryl methyl sites for hydroxylation is 2. The van der Waals surface area contributed by atoms with Crippen LogP contribution in [0.25, 0.3) is 0 Å². The number of benzene rings is 1. The van der Waals surface area contributed by atoms with Crippen LogP contribution < -0.4 is 10.5 Å². The van der Waals surface area contributed by atoms with Crippen molar-refractivity contribution in [1.82, 2.24) is 0 Å². The lowest BCUT2D eigenvalue weighted by molar-refractivity contribution is 0.306. The second-order valence-electron chi connectivity index (χ2n) is 4.33. The highest BCUT2D eigenvalue weighted by Gasteiger charge is 2.04. The molecule has 2 rings (SSSR count). The summed E-state index contributed by atoms with van der Waals surface area (Å²) in [5, 5.41) is 0. The van der Waals surface area contributed by atoms with Crippen LogP contribution in [-0.4, -0.2) is 0 Å². The Morgan fingerprint density at radius 1 is 1.17 bits per heavy atom. The van der Waals surface area contributed by atoms with Gasteiger partial charge < -0.3 is 10.5 Å². The van der Waals surface area contributed by atoms with Gasteiger partial charge in [0.15, 0.2) is 0 Å². The molecule has 2 nitrogen and oxygen atoms in total. The minimum Gasteiger partial charge on any atom is -0.488 e. The Kier molecular flexibility index (Phi) is 4.39. The predicted molar refractivity (Wildman–Crippen MR) is 77.1 cm³/mol. The van der Waals surface area contributed by atoms with Crippen LogP contribution in [0, 0.1) is 6.92 Å². The maximum absolute atomic E-state index is 5.86. The molecule has 1 aromatic carbocycles. The second kappa shape index (κ2) is 6.03. The van der Waals surface area contributed by atoms with Crippen molar-refractivity contribution in [1.29, 1.82) is 0 Å². The molecule has 3 heteroatoms. The van der Waals surface area contributed by atoms with Crippen molar-refractivity contribution in [3.05, 3.63) is 51.2 Å². The average molecular weight is 261 g/mol. The Bertz CT molecular complexity index is 519. The highest BCUT2D eigenvalue weighted by atomic mass is 32.1. The first-order valence-corrected chi connectivity index (χ1v) is 7.04. The highest BCUT2D eigenvalue weighted by Crippen LogP contribution is 2.23. The van der Waals surface area contributed by atoms with Crippen LogP contribution in [0.2, 0.25) is 0 Å². The fourth-order valence-corrected chi connectivity index (χ4v) is 2.72. The molecule has 18 heavy (non-hydrogen) atoms. The molecule has 0 aliphatic carbocycles. The molecule has 1 heterocycles. The lowest BCUT2D eigenvalue weighted by Crippen LogP contribution is -2.02. The van der Waals surface area contributed by atoms with Gasteiger partial charge in [-0.05, 0) is 31.5 Å². The van der Waals surface area contributed by atoms with E-state index in [0.717, 1.165) is 17.7 Å². The molecular formula is C15H19NOS. The topological polar surface area (TPSA) is 35.2 Å². The third-order valence-electron chi connectivity index (χ3n) is 2.87. The smallest absolute Gasteiger partial charge is 0.124 e. The van der Waals surface area contributed by atoms with E-state index in [0.29, 0.717) is 13.2 Å². The standard InChI is InChI=1S/C15H19NOS/c1-3-13-5-6-14(18-13)10-17-15-7-4-11(2)8-12(15)9-16/h4-8H,3,9-10,16H2,1-2H3. The SMILES string of the molecule is CCc1ccc(COc2ccc(C)cc2CN)s1. The third-order valence-corrected chi connectivity index (χ3v) is 4.07. The normalized spacial score (nSPS) is 10.6. The van der Waals surface area contributed by atoms with E-state index in [-0.39, 0.29) is 0 Å². The average Bonchev–Trinajstić information content (AvgIpc) is 2.85. The Labute approximate surface area is 112 Å². The maximum atomic E-state index is 5.86. The first-order valence-electron chi connectivity index (χ1n) is 6.23. The monoisotopic (exact) mass is 261 g/mol. The largest absolute Gasteiger partial charge is 0.488 e. The molecule has 0 radical (unpaired) electrons. The van der Waals surface area contributed by atoms with E-state index in [2.05, 4.69) is 38.1 Å². The molecule has 2 aromatic rings. The minimum atomic E-state index is 0.516. The highest BCUT2D eigenvalue weighted by molar-refractivity contribution is 7.11. The van der Waals surface area contributed by atoms with E-state index in [4.69, 9.17) is 10.5 Å². The summed E-state index contributed by atoms with van der Waals surface area (Å²) in [4.78, 5) is 2.66. The molecule has 0 bridgehead atoms. The van der Waals surface area contributed by atoms with Gasteiger partial charge in [0.2, 0.25) is 0 Å². The molecule has 0 saturated heterocycles. The summed E-state index contributed by atoms with van der Waals surface area (Å²) in [5.74, 6) is 0.898. The molecule has 0 fully saturated rings. The van der Waals surface area contributed by atoms with Gasteiger partial charge in [-0.25, -0.2) is 0 Å². The van der Waals surface area contributed by atoms with Gasteiger partial charge in [0.25, 0.3) is 0 Å². The quantitative estimate of drug-likeness (QED) is 0.891. The Balaban J connectivity index is 2.05. The maximum Gasteiger partial charge on any atom is 0.124 e. The van der Waals surface area contributed by atoms with Crippen molar-refractivity contribution in [2.24, 2.45) is 5.73 Å². The van der Waals surface area contributed by atoms with Crippen molar-refractivity contribution in [3.8, 4) is 5.75 Å². The molecule has 0 amide bonds. The van der Waals surface area contributed by atoms with Gasteiger partial charge in [-0.15, -0.1) is 11.3 Å². The predicted octanol–water partition coefficient (Wildman–Crippen LogP) is 3.66. The van der Waals surface area contributed by atoms with E-state index in [9.17, 15) is 0 Å². The van der Waals surface area contributed by atoms with Crippen LogP contribution in [0.5, 0.6) is 5.75 Å². The summed E-state index contributed by atoms with van der Waals surface area (Å²) in [5.41, 5.74) is 8.02. The molecule has 0 aliphatic rings. The van der Waals surface area contributed by atoms with Crippen molar-refractivity contribution in [2.45, 2.75) is 33.4 Å². The number of thiophene rings is 1. The Hall–Kier alpha value is -1.32. The Morgan fingerprint density at radius 3 is 2.61 bits per heavy atom. The van der Waals surface area contributed by atoms with Gasteiger partial charge in [0.05, 0.1) is 0 Å².